The molecule has 2 rings (SSSR count). The van der Waals surface area contributed by atoms with Gasteiger partial charge in [0.25, 0.3) is 0 Å². The molecule has 0 aliphatic carbocycles. The van der Waals surface area contributed by atoms with Gasteiger partial charge < -0.3 is 16.6 Å². The van der Waals surface area contributed by atoms with Crippen LogP contribution in [0.15, 0.2) is 30.5 Å². The van der Waals surface area contributed by atoms with Crippen LogP contribution in [-0.2, 0) is 5.41 Å². The van der Waals surface area contributed by atoms with Crippen LogP contribution >= 0.6 is 0 Å². The van der Waals surface area contributed by atoms with Crippen molar-refractivity contribution in [3.8, 4) is 0 Å². The predicted octanol–water partition coefficient (Wildman–Crippen LogP) is 1.37. The first kappa shape index (κ1) is 11.8. The summed E-state index contributed by atoms with van der Waals surface area (Å²) in [5.74, 6) is 0. The van der Waals surface area contributed by atoms with Crippen LogP contribution in [0.5, 0.6) is 0 Å². The number of hydrogen-bond acceptors (Lipinski definition) is 4. The molecule has 1 atom stereocenters. The summed E-state index contributed by atoms with van der Waals surface area (Å²) in [7, 11) is 0. The van der Waals surface area contributed by atoms with Crippen molar-refractivity contribution in [2.24, 2.45) is 5.73 Å². The summed E-state index contributed by atoms with van der Waals surface area (Å²) in [4.78, 5) is 4.27. The molecule has 90 valence electrons. The highest BCUT2D eigenvalue weighted by molar-refractivity contribution is 5.87. The van der Waals surface area contributed by atoms with Crippen molar-refractivity contribution in [1.82, 2.24) is 4.98 Å². The Kier molecular flexibility index (Phi) is 2.77. The van der Waals surface area contributed by atoms with Gasteiger partial charge in [0.2, 0.25) is 0 Å². The molecule has 1 heterocycles. The average molecular weight is 231 g/mol. The third-order valence-corrected chi connectivity index (χ3v) is 3.19. The summed E-state index contributed by atoms with van der Waals surface area (Å²) in [5, 5.41) is 10.7. The van der Waals surface area contributed by atoms with Gasteiger partial charge in [0.1, 0.15) is 6.23 Å². The monoisotopic (exact) mass is 231 g/mol. The van der Waals surface area contributed by atoms with E-state index in [1.54, 1.807) is 6.20 Å². The minimum Gasteiger partial charge on any atom is -0.397 e. The summed E-state index contributed by atoms with van der Waals surface area (Å²) in [6.07, 6.45) is 0.637. The van der Waals surface area contributed by atoms with Gasteiger partial charge >= 0.3 is 0 Å². The van der Waals surface area contributed by atoms with Crippen LogP contribution in [0.3, 0.4) is 0 Å². The van der Waals surface area contributed by atoms with Crippen molar-refractivity contribution < 1.29 is 5.11 Å². The fourth-order valence-corrected chi connectivity index (χ4v) is 2.02. The van der Waals surface area contributed by atoms with E-state index < -0.39 is 11.6 Å². The van der Waals surface area contributed by atoms with Crippen LogP contribution in [0.4, 0.5) is 5.69 Å². The van der Waals surface area contributed by atoms with Crippen LogP contribution in [0, 0.1) is 0 Å². The van der Waals surface area contributed by atoms with Gasteiger partial charge in [0.15, 0.2) is 0 Å². The average Bonchev–Trinajstić information content (AvgIpc) is 2.28. The lowest BCUT2D eigenvalue weighted by molar-refractivity contribution is 0.107. The Hall–Kier alpha value is -1.65. The lowest BCUT2D eigenvalue weighted by Gasteiger charge is -2.30. The Balaban J connectivity index is 2.80. The zero-order valence-electron chi connectivity index (χ0n) is 10.0. The van der Waals surface area contributed by atoms with E-state index in [1.165, 1.54) is 0 Å². The molecule has 4 nitrogen and oxygen atoms in total. The summed E-state index contributed by atoms with van der Waals surface area (Å²) in [6.45, 7) is 3.74. The number of para-hydroxylation sites is 1. The number of benzene rings is 1. The van der Waals surface area contributed by atoms with Crippen LogP contribution < -0.4 is 11.5 Å². The Morgan fingerprint density at radius 2 is 1.94 bits per heavy atom. The molecule has 0 aliphatic heterocycles. The van der Waals surface area contributed by atoms with Gasteiger partial charge in [-0.3, -0.25) is 4.98 Å². The third kappa shape index (κ3) is 1.85. The molecule has 0 amide bonds. The maximum atomic E-state index is 9.72. The lowest BCUT2D eigenvalue weighted by atomic mass is 9.80. The van der Waals surface area contributed by atoms with E-state index in [4.69, 9.17) is 11.5 Å². The van der Waals surface area contributed by atoms with E-state index in [-0.39, 0.29) is 0 Å². The maximum Gasteiger partial charge on any atom is 0.111 e. The molecule has 0 saturated heterocycles. The maximum absolute atomic E-state index is 9.72. The lowest BCUT2D eigenvalue weighted by Crippen LogP contribution is -2.41. The van der Waals surface area contributed by atoms with E-state index in [0.717, 1.165) is 16.5 Å². The number of aliphatic hydroxyl groups is 1. The smallest absolute Gasteiger partial charge is 0.111 e. The number of anilines is 1. The van der Waals surface area contributed by atoms with Crippen molar-refractivity contribution >= 4 is 16.6 Å². The molecule has 17 heavy (non-hydrogen) atoms. The van der Waals surface area contributed by atoms with E-state index in [9.17, 15) is 5.11 Å². The third-order valence-electron chi connectivity index (χ3n) is 3.19. The van der Waals surface area contributed by atoms with Crippen molar-refractivity contribution in [3.63, 3.8) is 0 Å². The van der Waals surface area contributed by atoms with Crippen molar-refractivity contribution in [2.75, 3.05) is 5.73 Å². The molecule has 0 radical (unpaired) electrons. The molecule has 1 aromatic heterocycles. The number of fused-ring (bicyclic) bond motifs is 1. The SMILES string of the molecule is CC(C)(c1c(N)cnc2ccccc12)C(N)O. The number of nitrogens with zero attached hydrogens (tertiary/aromatic N) is 1. The molecule has 0 bridgehead atoms. The summed E-state index contributed by atoms with van der Waals surface area (Å²) in [5.41, 5.74) is 13.3. The van der Waals surface area contributed by atoms with Crippen LogP contribution in [0.2, 0.25) is 0 Å². The molecule has 5 N–H and O–H groups in total. The highest BCUT2D eigenvalue weighted by Crippen LogP contribution is 2.35. The van der Waals surface area contributed by atoms with E-state index in [1.807, 2.05) is 38.1 Å². The summed E-state index contributed by atoms with van der Waals surface area (Å²) >= 11 is 0. The van der Waals surface area contributed by atoms with Gasteiger partial charge in [0, 0.05) is 10.8 Å². The first-order valence-corrected chi connectivity index (χ1v) is 5.52. The highest BCUT2D eigenvalue weighted by Gasteiger charge is 2.31. The van der Waals surface area contributed by atoms with Gasteiger partial charge in [-0.2, -0.15) is 0 Å². The predicted molar refractivity (Wildman–Crippen MR) is 69.4 cm³/mol. The number of nitrogen functional groups attached to an aromatic ring is 1. The number of pyridine rings is 1. The standard InChI is InChI=1S/C13H17N3O/c1-13(2,12(15)17)11-8-5-3-4-6-10(8)16-7-9(11)14/h3-7,12,17H,14-15H2,1-2H3. The van der Waals surface area contributed by atoms with Gasteiger partial charge in [-0.25, -0.2) is 0 Å². The molecule has 4 heteroatoms. The molecule has 0 fully saturated rings. The number of nitrogens with two attached hydrogens (primary N) is 2. The number of rotatable bonds is 2. The number of hydrogen-bond donors (Lipinski definition) is 3. The Morgan fingerprint density at radius 3 is 2.59 bits per heavy atom. The van der Waals surface area contributed by atoms with Gasteiger partial charge in [0.05, 0.1) is 17.4 Å². The molecule has 1 unspecified atom stereocenters. The Morgan fingerprint density at radius 1 is 1.29 bits per heavy atom. The van der Waals surface area contributed by atoms with Crippen LogP contribution in [0.25, 0.3) is 10.9 Å². The van der Waals surface area contributed by atoms with E-state index >= 15 is 0 Å². The minimum atomic E-state index is -0.976. The van der Waals surface area contributed by atoms with E-state index in [0.29, 0.717) is 5.69 Å². The Bertz CT molecular complexity index is 549. The summed E-state index contributed by atoms with van der Waals surface area (Å²) < 4.78 is 0. The molecular weight excluding hydrogens is 214 g/mol. The fourth-order valence-electron chi connectivity index (χ4n) is 2.02. The van der Waals surface area contributed by atoms with Crippen molar-refractivity contribution in [1.29, 1.82) is 0 Å². The molecule has 2 aromatic rings. The topological polar surface area (TPSA) is 85.2 Å². The quantitative estimate of drug-likeness (QED) is 0.681. The van der Waals surface area contributed by atoms with Crippen molar-refractivity contribution in [2.45, 2.75) is 25.5 Å². The zero-order valence-corrected chi connectivity index (χ0v) is 10.0. The second kappa shape index (κ2) is 3.98. The first-order valence-electron chi connectivity index (χ1n) is 5.52. The fraction of sp³-hybridized carbons (Fsp3) is 0.308. The van der Waals surface area contributed by atoms with Gasteiger partial charge in [-0.05, 0) is 11.6 Å². The zero-order chi connectivity index (χ0) is 12.6. The van der Waals surface area contributed by atoms with Gasteiger partial charge in [-0.1, -0.05) is 32.0 Å². The Labute approximate surface area is 100 Å². The van der Waals surface area contributed by atoms with Crippen LogP contribution in [0.1, 0.15) is 19.4 Å². The largest absolute Gasteiger partial charge is 0.397 e. The molecule has 0 spiro atoms. The normalized spacial score (nSPS) is 13.9. The van der Waals surface area contributed by atoms with Crippen molar-refractivity contribution in [3.05, 3.63) is 36.0 Å². The second-order valence-corrected chi connectivity index (χ2v) is 4.77. The summed E-state index contributed by atoms with van der Waals surface area (Å²) in [6, 6.07) is 7.70. The first-order chi connectivity index (χ1) is 7.94. The minimum absolute atomic E-state index is 0.554. The molecular formula is C13H17N3O. The second-order valence-electron chi connectivity index (χ2n) is 4.77. The number of aromatic nitrogens is 1. The molecule has 0 saturated carbocycles. The van der Waals surface area contributed by atoms with E-state index in [2.05, 4.69) is 4.98 Å². The molecule has 0 aliphatic rings. The van der Waals surface area contributed by atoms with Gasteiger partial charge in [-0.15, -0.1) is 0 Å². The number of aliphatic hydroxyl groups excluding tert-OH is 1. The van der Waals surface area contributed by atoms with Crippen LogP contribution in [-0.4, -0.2) is 16.3 Å². The highest BCUT2D eigenvalue weighted by atomic mass is 16.3. The molecule has 1 aromatic carbocycles.